The zero-order valence-corrected chi connectivity index (χ0v) is 16.0. The van der Waals surface area contributed by atoms with Crippen LogP contribution in [0.2, 0.25) is 0 Å². The summed E-state index contributed by atoms with van der Waals surface area (Å²) in [5, 5.41) is 0. The highest BCUT2D eigenvalue weighted by atomic mass is 16.7. The fraction of sp³-hybridized carbons (Fsp3) is 0.409. The molecule has 27 heavy (non-hydrogen) atoms. The first kappa shape index (κ1) is 17.9. The van der Waals surface area contributed by atoms with Crippen LogP contribution in [0.5, 0.6) is 11.5 Å². The molecule has 0 aromatic heterocycles. The number of carbonyl (C=O) groups excluding carboxylic acids is 1. The molecule has 142 valence electrons. The van der Waals surface area contributed by atoms with Crippen molar-refractivity contribution in [1.29, 1.82) is 0 Å². The second kappa shape index (κ2) is 7.61. The van der Waals surface area contributed by atoms with Crippen molar-refractivity contribution < 1.29 is 14.3 Å². The van der Waals surface area contributed by atoms with Crippen molar-refractivity contribution in [3.8, 4) is 11.5 Å². The molecule has 1 saturated heterocycles. The highest BCUT2D eigenvalue weighted by Crippen LogP contribution is 2.32. The van der Waals surface area contributed by atoms with Gasteiger partial charge in [0, 0.05) is 38.3 Å². The Kier molecular flexibility index (Phi) is 5.03. The summed E-state index contributed by atoms with van der Waals surface area (Å²) < 4.78 is 10.8. The molecule has 2 aliphatic rings. The van der Waals surface area contributed by atoms with Gasteiger partial charge in [-0.05, 0) is 41.3 Å². The zero-order valence-electron chi connectivity index (χ0n) is 16.0. The molecule has 0 aliphatic carbocycles. The number of carbonyl (C=O) groups is 1. The summed E-state index contributed by atoms with van der Waals surface area (Å²) in [6, 6.07) is 14.1. The third-order valence-corrected chi connectivity index (χ3v) is 5.33. The number of hydrogen-bond donors (Lipinski definition) is 0. The lowest BCUT2D eigenvalue weighted by molar-refractivity contribution is 0.0628. The van der Waals surface area contributed by atoms with E-state index in [1.54, 1.807) is 0 Å². The lowest BCUT2D eigenvalue weighted by atomic mass is 10.0. The Morgan fingerprint density at radius 3 is 2.37 bits per heavy atom. The summed E-state index contributed by atoms with van der Waals surface area (Å²) in [4.78, 5) is 17.1. The largest absolute Gasteiger partial charge is 0.454 e. The van der Waals surface area contributed by atoms with Gasteiger partial charge in [0.1, 0.15) is 0 Å². The second-order valence-corrected chi connectivity index (χ2v) is 7.53. The molecule has 1 amide bonds. The standard InChI is InChI=1S/C22H26N2O3/c1-16(2)18-4-6-19(7-5-18)22(25)24-11-9-23(10-12-24)14-17-3-8-20-21(13-17)27-15-26-20/h3-8,13,16H,9-12,14-15H2,1-2H3. The van der Waals surface area contributed by atoms with Crippen molar-refractivity contribution >= 4 is 5.91 Å². The Hall–Kier alpha value is -2.53. The Morgan fingerprint density at radius 2 is 1.67 bits per heavy atom. The van der Waals surface area contributed by atoms with Crippen molar-refractivity contribution in [1.82, 2.24) is 9.80 Å². The fourth-order valence-electron chi connectivity index (χ4n) is 3.60. The van der Waals surface area contributed by atoms with Gasteiger partial charge in [0.25, 0.3) is 5.91 Å². The predicted molar refractivity (Wildman–Crippen MR) is 104 cm³/mol. The SMILES string of the molecule is CC(C)c1ccc(C(=O)N2CCN(Cc3ccc4c(c3)OCO4)CC2)cc1. The van der Waals surface area contributed by atoms with E-state index in [-0.39, 0.29) is 5.91 Å². The summed E-state index contributed by atoms with van der Waals surface area (Å²) >= 11 is 0. The minimum atomic E-state index is 0.132. The normalized spacial score (nSPS) is 16.8. The van der Waals surface area contributed by atoms with Crippen molar-refractivity contribution in [3.05, 3.63) is 59.2 Å². The smallest absolute Gasteiger partial charge is 0.253 e. The molecule has 2 aromatic rings. The van der Waals surface area contributed by atoms with E-state index in [2.05, 4.69) is 43.0 Å². The molecular formula is C22H26N2O3. The van der Waals surface area contributed by atoms with Gasteiger partial charge in [0.2, 0.25) is 6.79 Å². The van der Waals surface area contributed by atoms with Crippen LogP contribution < -0.4 is 9.47 Å². The van der Waals surface area contributed by atoms with E-state index in [4.69, 9.17) is 9.47 Å². The highest BCUT2D eigenvalue weighted by molar-refractivity contribution is 5.94. The van der Waals surface area contributed by atoms with Gasteiger partial charge >= 0.3 is 0 Å². The maximum Gasteiger partial charge on any atom is 0.253 e. The molecule has 0 unspecified atom stereocenters. The van der Waals surface area contributed by atoms with Crippen LogP contribution in [-0.2, 0) is 6.54 Å². The van der Waals surface area contributed by atoms with Crippen LogP contribution in [0.25, 0.3) is 0 Å². The van der Waals surface area contributed by atoms with Crippen LogP contribution in [0.1, 0.15) is 41.3 Å². The topological polar surface area (TPSA) is 42.0 Å². The monoisotopic (exact) mass is 366 g/mol. The number of piperazine rings is 1. The van der Waals surface area contributed by atoms with Crippen LogP contribution in [0.3, 0.4) is 0 Å². The molecule has 0 radical (unpaired) electrons. The van der Waals surface area contributed by atoms with Crippen molar-refractivity contribution in [2.45, 2.75) is 26.3 Å². The molecule has 2 heterocycles. The summed E-state index contributed by atoms with van der Waals surface area (Å²) in [7, 11) is 0. The summed E-state index contributed by atoms with van der Waals surface area (Å²) in [5.74, 6) is 2.26. The van der Waals surface area contributed by atoms with Gasteiger partial charge in [-0.25, -0.2) is 0 Å². The summed E-state index contributed by atoms with van der Waals surface area (Å²) in [6.07, 6.45) is 0. The van der Waals surface area contributed by atoms with Gasteiger partial charge in [0.15, 0.2) is 11.5 Å². The van der Waals surface area contributed by atoms with E-state index >= 15 is 0 Å². The van der Waals surface area contributed by atoms with E-state index in [0.29, 0.717) is 12.7 Å². The lowest BCUT2D eigenvalue weighted by Gasteiger charge is -2.34. The maximum atomic E-state index is 12.8. The van der Waals surface area contributed by atoms with Gasteiger partial charge < -0.3 is 14.4 Å². The molecule has 0 bridgehead atoms. The minimum absolute atomic E-state index is 0.132. The van der Waals surface area contributed by atoms with E-state index in [0.717, 1.165) is 49.8 Å². The number of nitrogens with zero attached hydrogens (tertiary/aromatic N) is 2. The fourth-order valence-corrected chi connectivity index (χ4v) is 3.60. The maximum absolute atomic E-state index is 12.8. The van der Waals surface area contributed by atoms with Crippen molar-refractivity contribution in [2.75, 3.05) is 33.0 Å². The minimum Gasteiger partial charge on any atom is -0.454 e. The number of benzene rings is 2. The summed E-state index contributed by atoms with van der Waals surface area (Å²) in [5.41, 5.74) is 3.26. The quantitative estimate of drug-likeness (QED) is 0.831. The van der Waals surface area contributed by atoms with Gasteiger partial charge in [-0.3, -0.25) is 9.69 Å². The van der Waals surface area contributed by atoms with Crippen LogP contribution in [0, 0.1) is 0 Å². The van der Waals surface area contributed by atoms with Crippen molar-refractivity contribution in [2.24, 2.45) is 0 Å². The molecule has 1 fully saturated rings. The first-order valence-corrected chi connectivity index (χ1v) is 9.60. The molecule has 0 spiro atoms. The van der Waals surface area contributed by atoms with Crippen molar-refractivity contribution in [3.63, 3.8) is 0 Å². The van der Waals surface area contributed by atoms with Gasteiger partial charge in [-0.1, -0.05) is 32.0 Å². The van der Waals surface area contributed by atoms with Gasteiger partial charge in [-0.15, -0.1) is 0 Å². The van der Waals surface area contributed by atoms with E-state index in [9.17, 15) is 4.79 Å². The highest BCUT2D eigenvalue weighted by Gasteiger charge is 2.23. The number of amides is 1. The van der Waals surface area contributed by atoms with E-state index < -0.39 is 0 Å². The average Bonchev–Trinajstić information content (AvgIpc) is 3.16. The zero-order chi connectivity index (χ0) is 18.8. The number of hydrogen-bond acceptors (Lipinski definition) is 4. The van der Waals surface area contributed by atoms with Crippen LogP contribution >= 0.6 is 0 Å². The van der Waals surface area contributed by atoms with Crippen LogP contribution in [-0.4, -0.2) is 48.7 Å². The summed E-state index contributed by atoms with van der Waals surface area (Å²) in [6.45, 7) is 8.77. The molecule has 0 saturated carbocycles. The lowest BCUT2D eigenvalue weighted by Crippen LogP contribution is -2.48. The molecule has 4 rings (SSSR count). The van der Waals surface area contributed by atoms with Crippen LogP contribution in [0.4, 0.5) is 0 Å². The Morgan fingerprint density at radius 1 is 0.963 bits per heavy atom. The molecule has 5 nitrogen and oxygen atoms in total. The predicted octanol–water partition coefficient (Wildman–Crippen LogP) is 3.50. The third-order valence-electron chi connectivity index (χ3n) is 5.33. The van der Waals surface area contributed by atoms with Gasteiger partial charge in [-0.2, -0.15) is 0 Å². The first-order chi connectivity index (χ1) is 13.1. The second-order valence-electron chi connectivity index (χ2n) is 7.53. The Labute approximate surface area is 160 Å². The number of ether oxygens (including phenoxy) is 2. The molecule has 2 aromatic carbocycles. The Bertz CT molecular complexity index is 809. The van der Waals surface area contributed by atoms with Crippen LogP contribution in [0.15, 0.2) is 42.5 Å². The van der Waals surface area contributed by atoms with E-state index in [1.165, 1.54) is 11.1 Å². The molecular weight excluding hydrogens is 340 g/mol. The Balaban J connectivity index is 1.32. The third kappa shape index (κ3) is 3.93. The van der Waals surface area contributed by atoms with E-state index in [1.807, 2.05) is 23.1 Å². The molecule has 5 heteroatoms. The average molecular weight is 366 g/mol. The first-order valence-electron chi connectivity index (χ1n) is 9.60. The molecule has 0 atom stereocenters. The number of rotatable bonds is 4. The molecule has 2 aliphatic heterocycles. The van der Waals surface area contributed by atoms with Gasteiger partial charge in [0.05, 0.1) is 0 Å². The molecule has 0 N–H and O–H groups in total. The number of fused-ring (bicyclic) bond motifs is 1.